The molecule has 13 heavy (non-hydrogen) atoms. The number of aromatic nitrogens is 1. The number of carbonyl (C=O) groups excluding carboxylic acids is 1. The summed E-state index contributed by atoms with van der Waals surface area (Å²) in [4.78, 5) is 15.3. The standard InChI is InChI=1S/C10H12ClNO/c1-7(2)5-9(13)8-3-4-12-10(11)6-8/h3-4,6-7H,5H2,1-2H3. The topological polar surface area (TPSA) is 30.0 Å². The van der Waals surface area contributed by atoms with Gasteiger partial charge in [-0.15, -0.1) is 0 Å². The zero-order valence-electron chi connectivity index (χ0n) is 7.75. The van der Waals surface area contributed by atoms with E-state index in [2.05, 4.69) is 4.98 Å². The van der Waals surface area contributed by atoms with Crippen molar-refractivity contribution in [3.05, 3.63) is 29.0 Å². The van der Waals surface area contributed by atoms with Crippen LogP contribution in [0.3, 0.4) is 0 Å². The summed E-state index contributed by atoms with van der Waals surface area (Å²) in [5, 5.41) is 0.370. The van der Waals surface area contributed by atoms with Gasteiger partial charge in [0.15, 0.2) is 5.78 Å². The van der Waals surface area contributed by atoms with E-state index in [9.17, 15) is 4.79 Å². The van der Waals surface area contributed by atoms with E-state index in [1.54, 1.807) is 18.3 Å². The van der Waals surface area contributed by atoms with Gasteiger partial charge in [0.1, 0.15) is 5.15 Å². The van der Waals surface area contributed by atoms with Gasteiger partial charge in [-0.05, 0) is 18.1 Å². The van der Waals surface area contributed by atoms with Crippen molar-refractivity contribution in [3.8, 4) is 0 Å². The van der Waals surface area contributed by atoms with E-state index >= 15 is 0 Å². The quantitative estimate of drug-likeness (QED) is 0.551. The average molecular weight is 198 g/mol. The van der Waals surface area contributed by atoms with Gasteiger partial charge in [-0.1, -0.05) is 25.4 Å². The SMILES string of the molecule is CC(C)CC(=O)c1ccnc(Cl)c1. The van der Waals surface area contributed by atoms with Crippen LogP contribution < -0.4 is 0 Å². The lowest BCUT2D eigenvalue weighted by atomic mass is 10.0. The highest BCUT2D eigenvalue weighted by atomic mass is 35.5. The maximum absolute atomic E-state index is 11.5. The molecule has 1 aromatic heterocycles. The Morgan fingerprint density at radius 3 is 2.85 bits per heavy atom. The third-order valence-electron chi connectivity index (χ3n) is 1.64. The first-order valence-corrected chi connectivity index (χ1v) is 4.62. The van der Waals surface area contributed by atoms with E-state index < -0.39 is 0 Å². The van der Waals surface area contributed by atoms with Crippen LogP contribution in [0.1, 0.15) is 30.6 Å². The summed E-state index contributed by atoms with van der Waals surface area (Å²) in [6.45, 7) is 4.03. The first-order chi connectivity index (χ1) is 6.09. The minimum Gasteiger partial charge on any atom is -0.294 e. The van der Waals surface area contributed by atoms with Crippen molar-refractivity contribution in [2.24, 2.45) is 5.92 Å². The highest BCUT2D eigenvalue weighted by molar-refractivity contribution is 6.29. The molecule has 1 rings (SSSR count). The van der Waals surface area contributed by atoms with Crippen LogP contribution in [0.5, 0.6) is 0 Å². The van der Waals surface area contributed by atoms with Crippen molar-refractivity contribution >= 4 is 17.4 Å². The summed E-state index contributed by atoms with van der Waals surface area (Å²) < 4.78 is 0. The van der Waals surface area contributed by atoms with Crippen LogP contribution in [0.15, 0.2) is 18.3 Å². The first kappa shape index (κ1) is 10.2. The summed E-state index contributed by atoms with van der Waals surface area (Å²) in [5.41, 5.74) is 0.647. The molecule has 0 amide bonds. The third-order valence-corrected chi connectivity index (χ3v) is 1.85. The predicted molar refractivity (Wildman–Crippen MR) is 53.0 cm³/mol. The Bertz CT molecular complexity index is 310. The molecule has 1 aromatic rings. The molecule has 0 atom stereocenters. The highest BCUT2D eigenvalue weighted by Gasteiger charge is 2.08. The second-order valence-electron chi connectivity index (χ2n) is 3.39. The largest absolute Gasteiger partial charge is 0.294 e. The maximum Gasteiger partial charge on any atom is 0.163 e. The smallest absolute Gasteiger partial charge is 0.163 e. The molecule has 2 nitrogen and oxygen atoms in total. The average Bonchev–Trinajstić information content (AvgIpc) is 2.03. The van der Waals surface area contributed by atoms with E-state index in [1.807, 2.05) is 13.8 Å². The molecule has 70 valence electrons. The molecule has 0 N–H and O–H groups in total. The number of pyridine rings is 1. The molecule has 0 aliphatic carbocycles. The summed E-state index contributed by atoms with van der Waals surface area (Å²) in [5.74, 6) is 0.499. The summed E-state index contributed by atoms with van der Waals surface area (Å²) in [7, 11) is 0. The maximum atomic E-state index is 11.5. The van der Waals surface area contributed by atoms with Crippen molar-refractivity contribution in [3.63, 3.8) is 0 Å². The number of ketones is 1. The summed E-state index contributed by atoms with van der Waals surface area (Å²) in [6, 6.07) is 3.29. The number of nitrogens with zero attached hydrogens (tertiary/aromatic N) is 1. The summed E-state index contributed by atoms with van der Waals surface area (Å²) >= 11 is 5.66. The molecule has 0 aromatic carbocycles. The van der Waals surface area contributed by atoms with E-state index in [0.717, 1.165) is 0 Å². The fraction of sp³-hybridized carbons (Fsp3) is 0.400. The van der Waals surface area contributed by atoms with Crippen LogP contribution in [-0.2, 0) is 0 Å². The fourth-order valence-electron chi connectivity index (χ4n) is 1.06. The van der Waals surface area contributed by atoms with Crippen LogP contribution in [0.2, 0.25) is 5.15 Å². The van der Waals surface area contributed by atoms with Crippen molar-refractivity contribution in [1.82, 2.24) is 4.98 Å². The molecule has 0 aliphatic heterocycles. The van der Waals surface area contributed by atoms with Gasteiger partial charge in [-0.2, -0.15) is 0 Å². The molecule has 0 spiro atoms. The molecule has 0 fully saturated rings. The van der Waals surface area contributed by atoms with Gasteiger partial charge in [-0.3, -0.25) is 4.79 Å². The normalized spacial score (nSPS) is 10.5. The van der Waals surface area contributed by atoms with Gasteiger partial charge in [-0.25, -0.2) is 4.98 Å². The van der Waals surface area contributed by atoms with Gasteiger partial charge in [0.05, 0.1) is 0 Å². The Hall–Kier alpha value is -0.890. The van der Waals surface area contributed by atoms with Crippen molar-refractivity contribution in [2.75, 3.05) is 0 Å². The Kier molecular flexibility index (Phi) is 3.43. The molecule has 0 bridgehead atoms. The van der Waals surface area contributed by atoms with Crippen LogP contribution in [-0.4, -0.2) is 10.8 Å². The second kappa shape index (κ2) is 4.38. The Morgan fingerprint density at radius 1 is 1.62 bits per heavy atom. The predicted octanol–water partition coefficient (Wildman–Crippen LogP) is 2.96. The van der Waals surface area contributed by atoms with Crippen molar-refractivity contribution in [2.45, 2.75) is 20.3 Å². The molecule has 0 unspecified atom stereocenters. The van der Waals surface area contributed by atoms with Crippen LogP contribution in [0, 0.1) is 5.92 Å². The lowest BCUT2D eigenvalue weighted by Crippen LogP contribution is -2.03. The Morgan fingerprint density at radius 2 is 2.31 bits per heavy atom. The van der Waals surface area contributed by atoms with Gasteiger partial charge >= 0.3 is 0 Å². The molecule has 0 aliphatic rings. The van der Waals surface area contributed by atoms with Crippen LogP contribution in [0.4, 0.5) is 0 Å². The number of hydrogen-bond donors (Lipinski definition) is 0. The minimum absolute atomic E-state index is 0.124. The molecular formula is C10H12ClNO. The van der Waals surface area contributed by atoms with Crippen molar-refractivity contribution < 1.29 is 4.79 Å². The van der Waals surface area contributed by atoms with E-state index in [1.165, 1.54) is 0 Å². The third kappa shape index (κ3) is 3.15. The number of halogens is 1. The van der Waals surface area contributed by atoms with E-state index in [0.29, 0.717) is 23.1 Å². The van der Waals surface area contributed by atoms with Crippen molar-refractivity contribution in [1.29, 1.82) is 0 Å². The number of Topliss-reactive ketones (excluding diaryl/α,β-unsaturated/α-hetero) is 1. The van der Waals surface area contributed by atoms with Gasteiger partial charge in [0.2, 0.25) is 0 Å². The molecule has 0 saturated heterocycles. The Balaban J connectivity index is 2.77. The second-order valence-corrected chi connectivity index (χ2v) is 3.78. The van der Waals surface area contributed by atoms with Crippen LogP contribution >= 0.6 is 11.6 Å². The highest BCUT2D eigenvalue weighted by Crippen LogP contribution is 2.12. The minimum atomic E-state index is 0.124. The number of hydrogen-bond acceptors (Lipinski definition) is 2. The lowest BCUT2D eigenvalue weighted by molar-refractivity contribution is 0.0968. The lowest BCUT2D eigenvalue weighted by Gasteiger charge is -2.03. The molecular weight excluding hydrogens is 186 g/mol. The van der Waals surface area contributed by atoms with Gasteiger partial charge in [0.25, 0.3) is 0 Å². The molecule has 1 heterocycles. The van der Waals surface area contributed by atoms with Crippen LogP contribution in [0.25, 0.3) is 0 Å². The monoisotopic (exact) mass is 197 g/mol. The first-order valence-electron chi connectivity index (χ1n) is 4.24. The number of carbonyl (C=O) groups is 1. The van der Waals surface area contributed by atoms with Gasteiger partial charge < -0.3 is 0 Å². The molecule has 0 radical (unpaired) electrons. The zero-order chi connectivity index (χ0) is 9.84. The zero-order valence-corrected chi connectivity index (χ0v) is 8.51. The number of rotatable bonds is 3. The molecule has 3 heteroatoms. The van der Waals surface area contributed by atoms with E-state index in [-0.39, 0.29) is 5.78 Å². The van der Waals surface area contributed by atoms with Gasteiger partial charge in [0, 0.05) is 18.2 Å². The fourth-order valence-corrected chi connectivity index (χ4v) is 1.24. The van der Waals surface area contributed by atoms with E-state index in [4.69, 9.17) is 11.6 Å². The Labute approximate surface area is 82.9 Å². The summed E-state index contributed by atoms with van der Waals surface area (Å²) in [6.07, 6.45) is 2.11. The molecule has 0 saturated carbocycles.